The van der Waals surface area contributed by atoms with Gasteiger partial charge < -0.3 is 9.80 Å². The molecule has 0 amide bonds. The van der Waals surface area contributed by atoms with Crippen LogP contribution in [0.4, 0.5) is 5.82 Å². The maximum absolute atomic E-state index is 4.54. The monoisotopic (exact) mass is 267 g/mol. The molecule has 0 radical (unpaired) electrons. The molecule has 2 aromatic rings. The number of aryl methyl sites for hydroxylation is 1. The molecule has 1 aliphatic rings. The number of rotatable bonds is 2. The first-order chi connectivity index (χ1) is 9.72. The minimum absolute atomic E-state index is 1.06. The van der Waals surface area contributed by atoms with Crippen molar-refractivity contribution < 1.29 is 0 Å². The lowest BCUT2D eigenvalue weighted by Gasteiger charge is -2.33. The van der Waals surface area contributed by atoms with Crippen LogP contribution in [-0.4, -0.2) is 43.1 Å². The van der Waals surface area contributed by atoms with E-state index in [1.807, 2.05) is 6.20 Å². The Bertz CT molecular complexity index is 586. The number of anilines is 1. The van der Waals surface area contributed by atoms with Crippen molar-refractivity contribution in [1.82, 2.24) is 9.88 Å². The minimum atomic E-state index is 1.06. The molecule has 3 nitrogen and oxygen atoms in total. The Morgan fingerprint density at radius 2 is 1.70 bits per heavy atom. The van der Waals surface area contributed by atoms with Crippen LogP contribution in [-0.2, 0) is 0 Å². The Morgan fingerprint density at radius 3 is 2.45 bits per heavy atom. The molecule has 20 heavy (non-hydrogen) atoms. The lowest BCUT2D eigenvalue weighted by molar-refractivity contribution is 0.312. The molecule has 3 heteroatoms. The molecule has 104 valence electrons. The number of aromatic nitrogens is 1. The van der Waals surface area contributed by atoms with Gasteiger partial charge in [-0.2, -0.15) is 0 Å². The van der Waals surface area contributed by atoms with Gasteiger partial charge in [0.15, 0.2) is 0 Å². The zero-order valence-electron chi connectivity index (χ0n) is 12.2. The summed E-state index contributed by atoms with van der Waals surface area (Å²) in [6.45, 7) is 6.46. The summed E-state index contributed by atoms with van der Waals surface area (Å²) in [7, 11) is 2.17. The van der Waals surface area contributed by atoms with Crippen molar-refractivity contribution in [1.29, 1.82) is 0 Å². The highest BCUT2D eigenvalue weighted by Crippen LogP contribution is 2.24. The Balaban J connectivity index is 1.86. The maximum atomic E-state index is 4.54. The normalized spacial score (nSPS) is 16.4. The lowest BCUT2D eigenvalue weighted by Crippen LogP contribution is -2.44. The van der Waals surface area contributed by atoms with E-state index in [4.69, 9.17) is 0 Å². The minimum Gasteiger partial charge on any atom is -0.354 e. The second kappa shape index (κ2) is 5.63. The topological polar surface area (TPSA) is 19.4 Å². The zero-order valence-corrected chi connectivity index (χ0v) is 12.2. The lowest BCUT2D eigenvalue weighted by atomic mass is 10.0. The Morgan fingerprint density at radius 1 is 0.950 bits per heavy atom. The predicted molar refractivity (Wildman–Crippen MR) is 84.1 cm³/mol. The first kappa shape index (κ1) is 13.1. The summed E-state index contributed by atoms with van der Waals surface area (Å²) in [5, 5.41) is 0. The fraction of sp³-hybridized carbons (Fsp3) is 0.353. The Labute approximate surface area is 120 Å². The van der Waals surface area contributed by atoms with Crippen molar-refractivity contribution >= 4 is 5.82 Å². The average Bonchev–Trinajstić information content (AvgIpc) is 2.48. The molecular weight excluding hydrogens is 246 g/mol. The van der Waals surface area contributed by atoms with Gasteiger partial charge in [0.25, 0.3) is 0 Å². The van der Waals surface area contributed by atoms with Gasteiger partial charge in [0.05, 0.1) is 0 Å². The Hall–Kier alpha value is -1.87. The number of piperazine rings is 1. The quantitative estimate of drug-likeness (QED) is 0.834. The molecule has 1 saturated heterocycles. The van der Waals surface area contributed by atoms with E-state index >= 15 is 0 Å². The van der Waals surface area contributed by atoms with Gasteiger partial charge in [-0.1, -0.05) is 29.8 Å². The van der Waals surface area contributed by atoms with Crippen molar-refractivity contribution in [3.63, 3.8) is 0 Å². The van der Waals surface area contributed by atoms with Gasteiger partial charge in [-0.15, -0.1) is 0 Å². The molecular formula is C17H21N3. The van der Waals surface area contributed by atoms with Crippen molar-refractivity contribution in [3.05, 3.63) is 48.2 Å². The van der Waals surface area contributed by atoms with Crippen LogP contribution in [0.25, 0.3) is 11.1 Å². The summed E-state index contributed by atoms with van der Waals surface area (Å²) in [6, 6.07) is 12.9. The molecule has 1 fully saturated rings. The van der Waals surface area contributed by atoms with E-state index in [0.29, 0.717) is 0 Å². The molecule has 0 unspecified atom stereocenters. The van der Waals surface area contributed by atoms with E-state index in [9.17, 15) is 0 Å². The second-order valence-corrected chi connectivity index (χ2v) is 5.56. The maximum Gasteiger partial charge on any atom is 0.129 e. The van der Waals surface area contributed by atoms with Gasteiger partial charge in [-0.25, -0.2) is 4.98 Å². The summed E-state index contributed by atoms with van der Waals surface area (Å²) >= 11 is 0. The summed E-state index contributed by atoms with van der Waals surface area (Å²) in [5.74, 6) is 1.09. The van der Waals surface area contributed by atoms with Crippen LogP contribution in [0, 0.1) is 6.92 Å². The molecule has 2 heterocycles. The molecule has 3 rings (SSSR count). The van der Waals surface area contributed by atoms with Gasteiger partial charge in [0.2, 0.25) is 0 Å². The molecule has 0 bridgehead atoms. The SMILES string of the molecule is Cc1cccc(-c2ccnc(N3CCN(C)CC3)c2)c1. The molecule has 1 aromatic carbocycles. The molecule has 1 aromatic heterocycles. The number of nitrogens with zero attached hydrogens (tertiary/aromatic N) is 3. The van der Waals surface area contributed by atoms with Crippen molar-refractivity contribution in [2.24, 2.45) is 0 Å². The molecule has 0 aliphatic carbocycles. The van der Waals surface area contributed by atoms with E-state index in [1.165, 1.54) is 16.7 Å². The molecule has 0 atom stereocenters. The van der Waals surface area contributed by atoms with Gasteiger partial charge >= 0.3 is 0 Å². The largest absolute Gasteiger partial charge is 0.354 e. The van der Waals surface area contributed by atoms with E-state index < -0.39 is 0 Å². The van der Waals surface area contributed by atoms with Crippen LogP contribution in [0.5, 0.6) is 0 Å². The third kappa shape index (κ3) is 2.83. The number of pyridine rings is 1. The van der Waals surface area contributed by atoms with Crippen LogP contribution in [0.15, 0.2) is 42.6 Å². The third-order valence-electron chi connectivity index (χ3n) is 3.92. The van der Waals surface area contributed by atoms with E-state index in [1.54, 1.807) is 0 Å². The average molecular weight is 267 g/mol. The summed E-state index contributed by atoms with van der Waals surface area (Å²) < 4.78 is 0. The van der Waals surface area contributed by atoms with E-state index in [2.05, 4.69) is 65.2 Å². The third-order valence-corrected chi connectivity index (χ3v) is 3.92. The van der Waals surface area contributed by atoms with Gasteiger partial charge in [-0.05, 0) is 37.2 Å². The number of likely N-dealkylation sites (N-methyl/N-ethyl adjacent to an activating group) is 1. The molecule has 1 aliphatic heterocycles. The van der Waals surface area contributed by atoms with Crippen molar-refractivity contribution in [3.8, 4) is 11.1 Å². The fourth-order valence-electron chi connectivity index (χ4n) is 2.63. The highest BCUT2D eigenvalue weighted by Gasteiger charge is 2.15. The van der Waals surface area contributed by atoms with E-state index in [0.717, 1.165) is 32.0 Å². The highest BCUT2D eigenvalue weighted by molar-refractivity contribution is 5.67. The number of hydrogen-bond donors (Lipinski definition) is 0. The van der Waals surface area contributed by atoms with Crippen LogP contribution < -0.4 is 4.90 Å². The van der Waals surface area contributed by atoms with Crippen molar-refractivity contribution in [2.75, 3.05) is 38.1 Å². The van der Waals surface area contributed by atoms with Crippen LogP contribution in [0.3, 0.4) is 0 Å². The summed E-state index contributed by atoms with van der Waals surface area (Å²) in [6.07, 6.45) is 1.92. The van der Waals surface area contributed by atoms with Gasteiger partial charge in [0.1, 0.15) is 5.82 Å². The van der Waals surface area contributed by atoms with Crippen molar-refractivity contribution in [2.45, 2.75) is 6.92 Å². The summed E-state index contributed by atoms with van der Waals surface area (Å²) in [4.78, 5) is 9.28. The van der Waals surface area contributed by atoms with Crippen LogP contribution >= 0.6 is 0 Å². The highest BCUT2D eigenvalue weighted by atomic mass is 15.3. The molecule has 0 N–H and O–H groups in total. The van der Waals surface area contributed by atoms with Gasteiger partial charge in [-0.3, -0.25) is 0 Å². The van der Waals surface area contributed by atoms with Crippen LogP contribution in [0.1, 0.15) is 5.56 Å². The second-order valence-electron chi connectivity index (χ2n) is 5.56. The number of benzene rings is 1. The summed E-state index contributed by atoms with van der Waals surface area (Å²) in [5.41, 5.74) is 3.81. The smallest absolute Gasteiger partial charge is 0.129 e. The number of hydrogen-bond acceptors (Lipinski definition) is 3. The first-order valence-electron chi connectivity index (χ1n) is 7.19. The van der Waals surface area contributed by atoms with E-state index in [-0.39, 0.29) is 0 Å². The Kier molecular flexibility index (Phi) is 3.70. The fourth-order valence-corrected chi connectivity index (χ4v) is 2.63. The standard InChI is InChI=1S/C17H21N3/c1-14-4-3-5-15(12-14)16-6-7-18-17(13-16)20-10-8-19(2)9-11-20/h3-7,12-13H,8-11H2,1-2H3. The predicted octanol–water partition coefficient (Wildman–Crippen LogP) is 2.81. The molecule has 0 spiro atoms. The zero-order chi connectivity index (χ0) is 13.9. The van der Waals surface area contributed by atoms with Gasteiger partial charge in [0, 0.05) is 32.4 Å². The molecule has 0 saturated carbocycles. The van der Waals surface area contributed by atoms with Crippen LogP contribution in [0.2, 0.25) is 0 Å². The first-order valence-corrected chi connectivity index (χ1v) is 7.19.